The van der Waals surface area contributed by atoms with Gasteiger partial charge in [-0.05, 0) is 25.5 Å². The van der Waals surface area contributed by atoms with Crippen LogP contribution in [0, 0.1) is 0 Å². The third-order valence-electron chi connectivity index (χ3n) is 4.70. The quantitative estimate of drug-likeness (QED) is 0.792. The Morgan fingerprint density at radius 2 is 1.89 bits per heavy atom. The Hall–Kier alpha value is -3.23. The van der Waals surface area contributed by atoms with Crippen LogP contribution in [0.3, 0.4) is 0 Å². The van der Waals surface area contributed by atoms with E-state index in [1.54, 1.807) is 25.1 Å². The number of amides is 1. The van der Waals surface area contributed by atoms with Crippen molar-refractivity contribution in [2.24, 2.45) is 0 Å². The number of aromatic nitrogens is 2. The second-order valence-corrected chi connectivity index (χ2v) is 6.70. The van der Waals surface area contributed by atoms with Crippen molar-refractivity contribution in [3.05, 3.63) is 45.1 Å². The minimum absolute atomic E-state index is 0.0529. The highest BCUT2D eigenvalue weighted by atomic mass is 16.6. The molecule has 1 aliphatic rings. The van der Waals surface area contributed by atoms with Crippen LogP contribution in [0.5, 0.6) is 11.5 Å². The Labute approximate surface area is 161 Å². The first kappa shape index (κ1) is 19.5. The van der Waals surface area contributed by atoms with E-state index in [0.29, 0.717) is 24.5 Å². The van der Waals surface area contributed by atoms with Crippen molar-refractivity contribution >= 4 is 17.4 Å². The second-order valence-electron chi connectivity index (χ2n) is 6.70. The Morgan fingerprint density at radius 3 is 2.54 bits per heavy atom. The van der Waals surface area contributed by atoms with E-state index in [1.165, 1.54) is 11.6 Å². The maximum atomic E-state index is 13.1. The monoisotopic (exact) mass is 388 g/mol. The maximum Gasteiger partial charge on any atom is 0.330 e. The zero-order valence-electron chi connectivity index (χ0n) is 16.1. The van der Waals surface area contributed by atoms with Gasteiger partial charge in [0.1, 0.15) is 11.9 Å². The number of carbonyl (C=O) groups is 1. The molecule has 1 aromatic carbocycles. The predicted octanol–water partition coefficient (Wildman–Crippen LogP) is 1.11. The molecular formula is C19H24N4O5. The van der Waals surface area contributed by atoms with E-state index < -0.39 is 29.4 Å². The largest absolute Gasteiger partial charge is 0.482 e. The third kappa shape index (κ3) is 3.47. The van der Waals surface area contributed by atoms with Gasteiger partial charge in [-0.25, -0.2) is 4.79 Å². The smallest absolute Gasteiger partial charge is 0.330 e. The summed E-state index contributed by atoms with van der Waals surface area (Å²) in [4.78, 5) is 40.9. The first-order valence-corrected chi connectivity index (χ1v) is 9.17. The Kier molecular flexibility index (Phi) is 5.43. The average molecular weight is 388 g/mol. The van der Waals surface area contributed by atoms with E-state index in [-0.39, 0.29) is 11.5 Å². The zero-order chi connectivity index (χ0) is 20.4. The molecule has 1 amide bonds. The Morgan fingerprint density at radius 1 is 1.25 bits per heavy atom. The fourth-order valence-electron chi connectivity index (χ4n) is 3.13. The van der Waals surface area contributed by atoms with Gasteiger partial charge in [0.25, 0.3) is 11.5 Å². The highest BCUT2D eigenvalue weighted by Gasteiger charge is 2.37. The minimum Gasteiger partial charge on any atom is -0.482 e. The number of aromatic amines is 1. The van der Waals surface area contributed by atoms with Crippen molar-refractivity contribution in [2.45, 2.75) is 45.4 Å². The van der Waals surface area contributed by atoms with Crippen LogP contribution in [0.2, 0.25) is 0 Å². The summed E-state index contributed by atoms with van der Waals surface area (Å²) >= 11 is 0. The molecule has 3 N–H and O–H groups in total. The van der Waals surface area contributed by atoms with Crippen LogP contribution in [0.1, 0.15) is 26.7 Å². The number of ether oxygens (including phenoxy) is 2. The normalized spacial score (nSPS) is 18.0. The molecule has 2 aromatic rings. The summed E-state index contributed by atoms with van der Waals surface area (Å²) in [6.07, 6.45) is 0.0193. The van der Waals surface area contributed by atoms with Crippen LogP contribution < -0.4 is 31.4 Å². The van der Waals surface area contributed by atoms with E-state index in [4.69, 9.17) is 15.2 Å². The molecule has 0 fully saturated rings. The van der Waals surface area contributed by atoms with Gasteiger partial charge in [0.05, 0.1) is 0 Å². The number of nitrogens with zero attached hydrogens (tertiary/aromatic N) is 2. The predicted molar refractivity (Wildman–Crippen MR) is 105 cm³/mol. The van der Waals surface area contributed by atoms with Gasteiger partial charge >= 0.3 is 5.69 Å². The molecule has 0 saturated heterocycles. The Balaban J connectivity index is 1.94. The third-order valence-corrected chi connectivity index (χ3v) is 4.70. The van der Waals surface area contributed by atoms with Gasteiger partial charge in [-0.15, -0.1) is 0 Å². The van der Waals surface area contributed by atoms with Crippen molar-refractivity contribution in [1.29, 1.82) is 0 Å². The average Bonchev–Trinajstić information content (AvgIpc) is 2.66. The van der Waals surface area contributed by atoms with Crippen LogP contribution in [-0.4, -0.2) is 34.7 Å². The van der Waals surface area contributed by atoms with Crippen molar-refractivity contribution in [3.63, 3.8) is 0 Å². The molecule has 1 aromatic heterocycles. The summed E-state index contributed by atoms with van der Waals surface area (Å²) in [5.74, 6) is 0.442. The van der Waals surface area contributed by atoms with Crippen LogP contribution in [0.25, 0.3) is 0 Å². The molecule has 2 heterocycles. The highest BCUT2D eigenvalue weighted by molar-refractivity contribution is 5.98. The fourth-order valence-corrected chi connectivity index (χ4v) is 3.13. The van der Waals surface area contributed by atoms with Crippen molar-refractivity contribution in [2.75, 3.05) is 17.7 Å². The second kappa shape index (κ2) is 7.79. The molecule has 0 aliphatic carbocycles. The zero-order valence-corrected chi connectivity index (χ0v) is 16.1. The number of benzene rings is 1. The van der Waals surface area contributed by atoms with Gasteiger partial charge in [0.2, 0.25) is 6.10 Å². The number of fused-ring (bicyclic) bond motifs is 1. The SMILES string of the molecule is CCCCn1c(N)c(N(C)C(=O)C2Oc3ccccc3OC2C)c(=O)[nH]c1=O. The van der Waals surface area contributed by atoms with Gasteiger partial charge in [0.15, 0.2) is 17.2 Å². The van der Waals surface area contributed by atoms with Crippen molar-refractivity contribution < 1.29 is 14.3 Å². The highest BCUT2D eigenvalue weighted by Crippen LogP contribution is 2.34. The standard InChI is InChI=1S/C19H24N4O5/c1-4-5-10-23-16(20)14(17(24)21-19(23)26)22(3)18(25)15-11(2)27-12-8-6-7-9-13(12)28-15/h6-9,11,15H,4-5,10,20H2,1-3H3,(H,21,24,26). The number of hydrogen-bond donors (Lipinski definition) is 2. The lowest BCUT2D eigenvalue weighted by atomic mass is 10.1. The van der Waals surface area contributed by atoms with Crippen LogP contribution >= 0.6 is 0 Å². The summed E-state index contributed by atoms with van der Waals surface area (Å²) < 4.78 is 12.8. The molecule has 0 radical (unpaired) electrons. The minimum atomic E-state index is -0.963. The maximum absolute atomic E-state index is 13.1. The van der Waals surface area contributed by atoms with Crippen LogP contribution in [0.15, 0.2) is 33.9 Å². The molecule has 1 aliphatic heterocycles. The number of nitrogen functional groups attached to an aromatic ring is 1. The van der Waals surface area contributed by atoms with E-state index in [1.807, 2.05) is 13.0 Å². The molecule has 2 atom stereocenters. The van der Waals surface area contributed by atoms with Crippen molar-refractivity contribution in [1.82, 2.24) is 9.55 Å². The molecule has 9 heteroatoms. The van der Waals surface area contributed by atoms with Gasteiger partial charge in [-0.1, -0.05) is 25.5 Å². The number of para-hydroxylation sites is 2. The number of anilines is 2. The molecule has 28 heavy (non-hydrogen) atoms. The van der Waals surface area contributed by atoms with Gasteiger partial charge in [-0.3, -0.25) is 19.1 Å². The first-order chi connectivity index (χ1) is 13.3. The van der Waals surface area contributed by atoms with E-state index in [2.05, 4.69) is 4.98 Å². The molecule has 3 rings (SSSR count). The number of carbonyl (C=O) groups excluding carboxylic acids is 1. The molecule has 0 spiro atoms. The number of H-pyrrole nitrogens is 1. The summed E-state index contributed by atoms with van der Waals surface area (Å²) in [5, 5.41) is 0. The van der Waals surface area contributed by atoms with Crippen molar-refractivity contribution in [3.8, 4) is 11.5 Å². The topological polar surface area (TPSA) is 120 Å². The Bertz CT molecular complexity index is 997. The molecule has 9 nitrogen and oxygen atoms in total. The van der Waals surface area contributed by atoms with E-state index in [9.17, 15) is 14.4 Å². The van der Waals surface area contributed by atoms with Gasteiger partial charge in [0, 0.05) is 13.6 Å². The van der Waals surface area contributed by atoms with Crippen LogP contribution in [0.4, 0.5) is 11.5 Å². The van der Waals surface area contributed by atoms with E-state index >= 15 is 0 Å². The number of nitrogens with two attached hydrogens (primary N) is 1. The molecule has 0 bridgehead atoms. The fraction of sp³-hybridized carbons (Fsp3) is 0.421. The lowest BCUT2D eigenvalue weighted by Gasteiger charge is -2.33. The number of hydrogen-bond acceptors (Lipinski definition) is 6. The number of nitrogens with one attached hydrogen (secondary N) is 1. The summed E-state index contributed by atoms with van der Waals surface area (Å²) in [6.45, 7) is 4.03. The lowest BCUT2D eigenvalue weighted by molar-refractivity contribution is -0.130. The van der Waals surface area contributed by atoms with E-state index in [0.717, 1.165) is 11.3 Å². The number of likely N-dealkylation sites (N-methyl/N-ethyl adjacent to an activating group) is 1. The molecule has 0 saturated carbocycles. The first-order valence-electron chi connectivity index (χ1n) is 9.17. The van der Waals surface area contributed by atoms with Gasteiger partial charge in [-0.2, -0.15) is 0 Å². The summed E-state index contributed by atoms with van der Waals surface area (Å²) in [7, 11) is 1.43. The van der Waals surface area contributed by atoms with Gasteiger partial charge < -0.3 is 20.1 Å². The molecular weight excluding hydrogens is 364 g/mol. The van der Waals surface area contributed by atoms with Crippen LogP contribution in [-0.2, 0) is 11.3 Å². The summed E-state index contributed by atoms with van der Waals surface area (Å²) in [6, 6.07) is 7.04. The molecule has 2 unspecified atom stereocenters. The number of unbranched alkanes of at least 4 members (excludes halogenated alkanes) is 1. The molecule has 150 valence electrons. The number of rotatable bonds is 5. The summed E-state index contributed by atoms with van der Waals surface area (Å²) in [5.41, 5.74) is 4.67. The lowest BCUT2D eigenvalue weighted by Crippen LogP contribution is -2.51.